The Bertz CT molecular complexity index is 233. The quantitative estimate of drug-likeness (QED) is 0.659. The Morgan fingerprint density at radius 3 is 2.75 bits per heavy atom. The van der Waals surface area contributed by atoms with Crippen LogP contribution in [0.3, 0.4) is 0 Å². The Labute approximate surface area is 103 Å². The molecule has 1 aliphatic rings. The van der Waals surface area contributed by atoms with Gasteiger partial charge < -0.3 is 10.4 Å². The summed E-state index contributed by atoms with van der Waals surface area (Å²) in [4.78, 5) is 11.7. The second-order valence-corrected chi connectivity index (χ2v) is 5.68. The number of rotatable bonds is 4. The number of thiol groups is 1. The fourth-order valence-electron chi connectivity index (χ4n) is 2.10. The summed E-state index contributed by atoms with van der Waals surface area (Å²) in [7, 11) is 0. The van der Waals surface area contributed by atoms with Gasteiger partial charge in [-0.3, -0.25) is 4.79 Å². The molecule has 0 saturated heterocycles. The van der Waals surface area contributed by atoms with Crippen LogP contribution in [0.1, 0.15) is 39.5 Å². The second-order valence-electron chi connectivity index (χ2n) is 5.12. The first-order valence-electron chi connectivity index (χ1n) is 6.14. The summed E-state index contributed by atoms with van der Waals surface area (Å²) in [6, 6.07) is 0. The van der Waals surface area contributed by atoms with Gasteiger partial charge in [-0.25, -0.2) is 0 Å². The third kappa shape index (κ3) is 4.34. The molecule has 0 heterocycles. The van der Waals surface area contributed by atoms with E-state index in [2.05, 4.69) is 17.9 Å². The molecule has 0 aliphatic heterocycles. The standard InChI is InChI=1S/C12H23NO2S/c1-8(2)11(16)12(15)13-7-9-4-3-5-10(14)6-9/h8-11,14,16H,3-7H2,1-2H3,(H,13,15). The highest BCUT2D eigenvalue weighted by atomic mass is 32.1. The van der Waals surface area contributed by atoms with Crippen LogP contribution in [0.25, 0.3) is 0 Å². The minimum absolute atomic E-state index is 0.0124. The van der Waals surface area contributed by atoms with Gasteiger partial charge in [0.2, 0.25) is 5.91 Å². The Balaban J connectivity index is 2.25. The van der Waals surface area contributed by atoms with Gasteiger partial charge in [-0.05, 0) is 31.1 Å². The molecule has 1 amide bonds. The van der Waals surface area contributed by atoms with Crippen molar-refractivity contribution in [3.05, 3.63) is 0 Å². The molecule has 3 unspecified atom stereocenters. The zero-order valence-corrected chi connectivity index (χ0v) is 11.0. The molecule has 3 nitrogen and oxygen atoms in total. The van der Waals surface area contributed by atoms with E-state index in [1.807, 2.05) is 13.8 Å². The lowest BCUT2D eigenvalue weighted by molar-refractivity contribution is -0.121. The third-order valence-corrected chi connectivity index (χ3v) is 4.05. The molecule has 0 spiro atoms. The number of carbonyl (C=O) groups excluding carboxylic acids is 1. The van der Waals surface area contributed by atoms with E-state index in [0.29, 0.717) is 12.5 Å². The molecular formula is C12H23NO2S. The smallest absolute Gasteiger partial charge is 0.233 e. The molecule has 16 heavy (non-hydrogen) atoms. The van der Waals surface area contributed by atoms with Gasteiger partial charge in [0.15, 0.2) is 0 Å². The molecule has 0 aromatic heterocycles. The van der Waals surface area contributed by atoms with Crippen LogP contribution in [0.5, 0.6) is 0 Å². The van der Waals surface area contributed by atoms with Gasteiger partial charge in [-0.1, -0.05) is 20.3 Å². The molecule has 0 aromatic rings. The molecule has 1 rings (SSSR count). The van der Waals surface area contributed by atoms with Crippen molar-refractivity contribution in [3.63, 3.8) is 0 Å². The molecule has 1 saturated carbocycles. The van der Waals surface area contributed by atoms with Gasteiger partial charge in [-0.2, -0.15) is 12.6 Å². The van der Waals surface area contributed by atoms with Crippen molar-refractivity contribution < 1.29 is 9.90 Å². The summed E-state index contributed by atoms with van der Waals surface area (Å²) in [5, 5.41) is 12.2. The van der Waals surface area contributed by atoms with E-state index in [1.165, 1.54) is 0 Å². The monoisotopic (exact) mass is 245 g/mol. The molecule has 1 aliphatic carbocycles. The van der Waals surface area contributed by atoms with Gasteiger partial charge in [0, 0.05) is 6.54 Å². The first-order chi connectivity index (χ1) is 7.50. The maximum atomic E-state index is 11.7. The maximum Gasteiger partial charge on any atom is 0.233 e. The molecule has 1 fully saturated rings. The normalized spacial score (nSPS) is 27.8. The second kappa shape index (κ2) is 6.50. The van der Waals surface area contributed by atoms with E-state index in [1.54, 1.807) is 0 Å². The lowest BCUT2D eigenvalue weighted by Gasteiger charge is -2.26. The Kier molecular flexibility index (Phi) is 5.62. The van der Waals surface area contributed by atoms with Crippen molar-refractivity contribution in [2.45, 2.75) is 50.9 Å². The van der Waals surface area contributed by atoms with Crippen molar-refractivity contribution in [1.82, 2.24) is 5.32 Å². The van der Waals surface area contributed by atoms with E-state index >= 15 is 0 Å². The average molecular weight is 245 g/mol. The number of aliphatic hydroxyl groups is 1. The van der Waals surface area contributed by atoms with Crippen LogP contribution in [-0.4, -0.2) is 28.9 Å². The lowest BCUT2D eigenvalue weighted by Crippen LogP contribution is -2.38. The summed E-state index contributed by atoms with van der Waals surface area (Å²) >= 11 is 4.27. The summed E-state index contributed by atoms with van der Waals surface area (Å²) in [6.07, 6.45) is 3.73. The minimum atomic E-state index is -0.228. The summed E-state index contributed by atoms with van der Waals surface area (Å²) in [6.45, 7) is 4.66. The van der Waals surface area contributed by atoms with E-state index in [-0.39, 0.29) is 23.2 Å². The van der Waals surface area contributed by atoms with Gasteiger partial charge >= 0.3 is 0 Å². The molecule has 0 aromatic carbocycles. The number of hydrogen-bond donors (Lipinski definition) is 3. The highest BCUT2D eigenvalue weighted by molar-refractivity contribution is 7.81. The van der Waals surface area contributed by atoms with Crippen LogP contribution in [0.4, 0.5) is 0 Å². The highest BCUT2D eigenvalue weighted by Gasteiger charge is 2.22. The zero-order chi connectivity index (χ0) is 12.1. The van der Waals surface area contributed by atoms with E-state index in [9.17, 15) is 9.90 Å². The van der Waals surface area contributed by atoms with Gasteiger partial charge in [-0.15, -0.1) is 0 Å². The molecule has 3 atom stereocenters. The molecule has 94 valence electrons. The predicted molar refractivity (Wildman–Crippen MR) is 68.6 cm³/mol. The van der Waals surface area contributed by atoms with Crippen molar-refractivity contribution in [3.8, 4) is 0 Å². The van der Waals surface area contributed by atoms with Crippen molar-refractivity contribution in [2.75, 3.05) is 6.54 Å². The van der Waals surface area contributed by atoms with Crippen LogP contribution >= 0.6 is 12.6 Å². The van der Waals surface area contributed by atoms with Crippen molar-refractivity contribution in [1.29, 1.82) is 0 Å². The summed E-state index contributed by atoms with van der Waals surface area (Å²) in [5.41, 5.74) is 0. The van der Waals surface area contributed by atoms with E-state index in [0.717, 1.165) is 25.7 Å². The van der Waals surface area contributed by atoms with Crippen LogP contribution in [0, 0.1) is 11.8 Å². The SMILES string of the molecule is CC(C)C(S)C(=O)NCC1CCCC(O)C1. The minimum Gasteiger partial charge on any atom is -0.393 e. The van der Waals surface area contributed by atoms with Gasteiger partial charge in [0.25, 0.3) is 0 Å². The third-order valence-electron chi connectivity index (χ3n) is 3.22. The molecule has 2 N–H and O–H groups in total. The summed E-state index contributed by atoms with van der Waals surface area (Å²) in [5.74, 6) is 0.694. The Morgan fingerprint density at radius 1 is 1.50 bits per heavy atom. The van der Waals surface area contributed by atoms with Gasteiger partial charge in [0.1, 0.15) is 0 Å². The number of amides is 1. The van der Waals surface area contributed by atoms with E-state index < -0.39 is 0 Å². The Morgan fingerprint density at radius 2 is 2.19 bits per heavy atom. The van der Waals surface area contributed by atoms with E-state index in [4.69, 9.17) is 0 Å². The maximum absolute atomic E-state index is 11.7. The van der Waals surface area contributed by atoms with Crippen LogP contribution in [0.2, 0.25) is 0 Å². The lowest BCUT2D eigenvalue weighted by atomic mass is 9.87. The zero-order valence-electron chi connectivity index (χ0n) is 10.1. The largest absolute Gasteiger partial charge is 0.393 e. The molecule has 0 bridgehead atoms. The number of aliphatic hydroxyl groups excluding tert-OH is 1. The first-order valence-corrected chi connectivity index (χ1v) is 6.66. The summed E-state index contributed by atoms with van der Waals surface area (Å²) < 4.78 is 0. The fourth-order valence-corrected chi connectivity index (χ4v) is 2.19. The topological polar surface area (TPSA) is 49.3 Å². The number of nitrogens with one attached hydrogen (secondary N) is 1. The fraction of sp³-hybridized carbons (Fsp3) is 0.917. The number of carbonyl (C=O) groups is 1. The van der Waals surface area contributed by atoms with Crippen molar-refractivity contribution >= 4 is 18.5 Å². The molecule has 0 radical (unpaired) electrons. The van der Waals surface area contributed by atoms with Crippen LogP contribution < -0.4 is 5.32 Å². The van der Waals surface area contributed by atoms with Gasteiger partial charge in [0.05, 0.1) is 11.4 Å². The molecule has 4 heteroatoms. The van der Waals surface area contributed by atoms with Crippen LogP contribution in [-0.2, 0) is 4.79 Å². The Hall–Kier alpha value is -0.220. The highest BCUT2D eigenvalue weighted by Crippen LogP contribution is 2.23. The predicted octanol–water partition coefficient (Wildman–Crippen LogP) is 1.61. The average Bonchev–Trinajstić information content (AvgIpc) is 2.24. The molecular weight excluding hydrogens is 222 g/mol. The van der Waals surface area contributed by atoms with Crippen LogP contribution in [0.15, 0.2) is 0 Å². The first kappa shape index (κ1) is 13.8. The van der Waals surface area contributed by atoms with Crippen molar-refractivity contribution in [2.24, 2.45) is 11.8 Å². The number of hydrogen-bond acceptors (Lipinski definition) is 3.